The summed E-state index contributed by atoms with van der Waals surface area (Å²) in [6, 6.07) is 9.36. The standard InChI is InChI=1S/C13H13ClO2/c1-9-6-11(8-16-9)13(15)7-10-4-2-3-5-12(10)14/h2-6,8,13,15H,7H2,1H3. The van der Waals surface area contributed by atoms with Crippen molar-refractivity contribution in [1.29, 1.82) is 0 Å². The van der Waals surface area contributed by atoms with Crippen LogP contribution in [0.1, 0.15) is 23.0 Å². The zero-order valence-corrected chi connectivity index (χ0v) is 9.74. The summed E-state index contributed by atoms with van der Waals surface area (Å²) in [4.78, 5) is 0. The summed E-state index contributed by atoms with van der Waals surface area (Å²) in [5.41, 5.74) is 1.73. The van der Waals surface area contributed by atoms with Gasteiger partial charge in [-0.2, -0.15) is 0 Å². The van der Waals surface area contributed by atoms with E-state index < -0.39 is 6.10 Å². The van der Waals surface area contributed by atoms with E-state index in [1.807, 2.05) is 37.3 Å². The van der Waals surface area contributed by atoms with Crippen molar-refractivity contribution in [2.45, 2.75) is 19.4 Å². The molecule has 0 aliphatic carbocycles. The molecule has 84 valence electrons. The van der Waals surface area contributed by atoms with E-state index in [1.54, 1.807) is 6.26 Å². The highest BCUT2D eigenvalue weighted by molar-refractivity contribution is 6.31. The molecule has 2 rings (SSSR count). The van der Waals surface area contributed by atoms with E-state index >= 15 is 0 Å². The molecular weight excluding hydrogens is 224 g/mol. The van der Waals surface area contributed by atoms with Gasteiger partial charge in [0, 0.05) is 17.0 Å². The van der Waals surface area contributed by atoms with Crippen LogP contribution >= 0.6 is 11.6 Å². The van der Waals surface area contributed by atoms with Crippen molar-refractivity contribution in [3.63, 3.8) is 0 Å². The van der Waals surface area contributed by atoms with Gasteiger partial charge in [0.2, 0.25) is 0 Å². The lowest BCUT2D eigenvalue weighted by molar-refractivity contribution is 0.177. The summed E-state index contributed by atoms with van der Waals surface area (Å²) in [7, 11) is 0. The number of furan rings is 1. The first-order valence-corrected chi connectivity index (χ1v) is 5.51. The van der Waals surface area contributed by atoms with Gasteiger partial charge in [-0.25, -0.2) is 0 Å². The fraction of sp³-hybridized carbons (Fsp3) is 0.231. The van der Waals surface area contributed by atoms with E-state index in [0.29, 0.717) is 11.4 Å². The Labute approximate surface area is 99.5 Å². The Morgan fingerprint density at radius 2 is 2.12 bits per heavy atom. The highest BCUT2D eigenvalue weighted by atomic mass is 35.5. The molecule has 0 saturated heterocycles. The summed E-state index contributed by atoms with van der Waals surface area (Å²) in [5, 5.41) is 10.7. The van der Waals surface area contributed by atoms with Gasteiger partial charge in [0.25, 0.3) is 0 Å². The number of aryl methyl sites for hydroxylation is 1. The summed E-state index contributed by atoms with van der Waals surface area (Å²) >= 11 is 6.03. The smallest absolute Gasteiger partial charge is 0.101 e. The number of hydrogen-bond acceptors (Lipinski definition) is 2. The Balaban J connectivity index is 2.13. The highest BCUT2D eigenvalue weighted by Crippen LogP contribution is 2.24. The Morgan fingerprint density at radius 1 is 1.38 bits per heavy atom. The van der Waals surface area contributed by atoms with E-state index in [-0.39, 0.29) is 0 Å². The van der Waals surface area contributed by atoms with Gasteiger partial charge in [-0.1, -0.05) is 29.8 Å². The molecule has 1 N–H and O–H groups in total. The molecule has 0 aliphatic rings. The molecular formula is C13H13ClO2. The second-order valence-corrected chi connectivity index (χ2v) is 4.21. The lowest BCUT2D eigenvalue weighted by Crippen LogP contribution is -2.00. The number of hydrogen-bond donors (Lipinski definition) is 1. The first-order valence-electron chi connectivity index (χ1n) is 5.13. The highest BCUT2D eigenvalue weighted by Gasteiger charge is 2.12. The summed E-state index contributed by atoms with van der Waals surface area (Å²) in [6.07, 6.45) is 1.51. The van der Waals surface area contributed by atoms with Crippen molar-refractivity contribution in [1.82, 2.24) is 0 Å². The number of aliphatic hydroxyl groups is 1. The van der Waals surface area contributed by atoms with Crippen LogP contribution in [0.2, 0.25) is 5.02 Å². The molecule has 1 atom stereocenters. The SMILES string of the molecule is Cc1cc(C(O)Cc2ccccc2Cl)co1. The zero-order valence-electron chi connectivity index (χ0n) is 8.98. The minimum atomic E-state index is -0.572. The molecule has 0 bridgehead atoms. The predicted octanol–water partition coefficient (Wildman–Crippen LogP) is 3.52. The molecule has 2 aromatic rings. The second kappa shape index (κ2) is 4.73. The summed E-state index contributed by atoms with van der Waals surface area (Å²) < 4.78 is 5.16. The third-order valence-electron chi connectivity index (χ3n) is 2.51. The zero-order chi connectivity index (χ0) is 11.5. The maximum absolute atomic E-state index is 9.99. The van der Waals surface area contributed by atoms with Crippen molar-refractivity contribution in [3.05, 3.63) is 58.5 Å². The molecule has 16 heavy (non-hydrogen) atoms. The monoisotopic (exact) mass is 236 g/mol. The average molecular weight is 237 g/mol. The molecule has 1 unspecified atom stereocenters. The predicted molar refractivity (Wildman–Crippen MR) is 63.6 cm³/mol. The molecule has 0 radical (unpaired) electrons. The van der Waals surface area contributed by atoms with Crippen LogP contribution in [0.4, 0.5) is 0 Å². The third-order valence-corrected chi connectivity index (χ3v) is 2.88. The van der Waals surface area contributed by atoms with Crippen LogP contribution in [-0.4, -0.2) is 5.11 Å². The van der Waals surface area contributed by atoms with Gasteiger partial charge in [-0.15, -0.1) is 0 Å². The van der Waals surface area contributed by atoms with Gasteiger partial charge >= 0.3 is 0 Å². The van der Waals surface area contributed by atoms with Crippen molar-refractivity contribution in [2.75, 3.05) is 0 Å². The average Bonchev–Trinajstić information content (AvgIpc) is 2.68. The van der Waals surface area contributed by atoms with Gasteiger partial charge < -0.3 is 9.52 Å². The fourth-order valence-electron chi connectivity index (χ4n) is 1.63. The Morgan fingerprint density at radius 3 is 2.75 bits per heavy atom. The van der Waals surface area contributed by atoms with Crippen LogP contribution in [0.5, 0.6) is 0 Å². The maximum Gasteiger partial charge on any atom is 0.101 e. The van der Waals surface area contributed by atoms with Gasteiger partial charge in [-0.05, 0) is 24.6 Å². The lowest BCUT2D eigenvalue weighted by Gasteiger charge is -2.09. The van der Waals surface area contributed by atoms with E-state index in [2.05, 4.69) is 0 Å². The van der Waals surface area contributed by atoms with Gasteiger partial charge in [-0.3, -0.25) is 0 Å². The normalized spacial score (nSPS) is 12.7. The molecule has 0 aliphatic heterocycles. The van der Waals surface area contributed by atoms with Crippen LogP contribution < -0.4 is 0 Å². The minimum absolute atomic E-state index is 0.499. The van der Waals surface area contributed by atoms with Crippen molar-refractivity contribution in [2.24, 2.45) is 0 Å². The van der Waals surface area contributed by atoms with Crippen LogP contribution in [0.15, 0.2) is 41.0 Å². The number of rotatable bonds is 3. The Kier molecular flexibility index (Phi) is 3.32. The molecule has 2 nitrogen and oxygen atoms in total. The molecule has 1 heterocycles. The van der Waals surface area contributed by atoms with E-state index in [4.69, 9.17) is 16.0 Å². The van der Waals surface area contributed by atoms with Gasteiger partial charge in [0.15, 0.2) is 0 Å². The quantitative estimate of drug-likeness (QED) is 0.885. The van der Waals surface area contributed by atoms with E-state index in [9.17, 15) is 5.11 Å². The topological polar surface area (TPSA) is 33.4 Å². The van der Waals surface area contributed by atoms with Gasteiger partial charge in [0.05, 0.1) is 12.4 Å². The van der Waals surface area contributed by atoms with Gasteiger partial charge in [0.1, 0.15) is 5.76 Å². The molecule has 0 saturated carbocycles. The molecule has 0 amide bonds. The van der Waals surface area contributed by atoms with Crippen LogP contribution in [-0.2, 0) is 6.42 Å². The Bertz CT molecular complexity index is 476. The van der Waals surface area contributed by atoms with Crippen molar-refractivity contribution >= 4 is 11.6 Å². The van der Waals surface area contributed by atoms with Crippen LogP contribution in [0.3, 0.4) is 0 Å². The van der Waals surface area contributed by atoms with Crippen molar-refractivity contribution in [3.8, 4) is 0 Å². The summed E-state index contributed by atoms with van der Waals surface area (Å²) in [6.45, 7) is 1.85. The molecule has 0 fully saturated rings. The number of halogens is 1. The van der Waals surface area contributed by atoms with Crippen molar-refractivity contribution < 1.29 is 9.52 Å². The van der Waals surface area contributed by atoms with E-state index in [1.165, 1.54) is 0 Å². The summed E-state index contributed by atoms with van der Waals surface area (Å²) in [5.74, 6) is 0.799. The maximum atomic E-state index is 9.99. The number of benzene rings is 1. The van der Waals surface area contributed by atoms with E-state index in [0.717, 1.165) is 16.9 Å². The lowest BCUT2D eigenvalue weighted by atomic mass is 10.0. The molecule has 1 aromatic heterocycles. The minimum Gasteiger partial charge on any atom is -0.469 e. The second-order valence-electron chi connectivity index (χ2n) is 3.80. The molecule has 0 spiro atoms. The largest absolute Gasteiger partial charge is 0.469 e. The third kappa shape index (κ3) is 2.46. The first-order chi connectivity index (χ1) is 7.66. The van der Waals surface area contributed by atoms with Crippen LogP contribution in [0, 0.1) is 6.92 Å². The first kappa shape index (κ1) is 11.2. The fourth-order valence-corrected chi connectivity index (χ4v) is 1.84. The Hall–Kier alpha value is -1.25. The number of aliphatic hydroxyl groups excluding tert-OH is 1. The van der Waals surface area contributed by atoms with Crippen LogP contribution in [0.25, 0.3) is 0 Å². The molecule has 3 heteroatoms. The molecule has 1 aromatic carbocycles.